The maximum atomic E-state index is 14.4. The molecule has 2 saturated heterocycles. The number of rotatable bonds is 11. The number of piperazine rings is 1. The summed E-state index contributed by atoms with van der Waals surface area (Å²) >= 11 is 0. The van der Waals surface area contributed by atoms with E-state index in [1.54, 1.807) is 32.7 Å². The van der Waals surface area contributed by atoms with E-state index in [4.69, 9.17) is 9.47 Å². The van der Waals surface area contributed by atoms with Gasteiger partial charge in [-0.15, -0.1) is 0 Å². The average molecular weight is 576 g/mol. The lowest BCUT2D eigenvalue weighted by atomic mass is 9.86. The lowest BCUT2D eigenvalue weighted by Gasteiger charge is -2.47. The van der Waals surface area contributed by atoms with Crippen molar-refractivity contribution >= 4 is 11.6 Å². The molecule has 2 aliphatic rings. The number of carbonyl (C=O) groups is 1. The Hall–Kier alpha value is -3.69. The zero-order valence-corrected chi connectivity index (χ0v) is 24.7. The van der Waals surface area contributed by atoms with Crippen molar-refractivity contribution in [3.05, 3.63) is 83.9 Å². The topological polar surface area (TPSA) is 70.2 Å². The second kappa shape index (κ2) is 14.5. The van der Waals surface area contributed by atoms with Gasteiger partial charge in [-0.05, 0) is 61.2 Å². The summed E-state index contributed by atoms with van der Waals surface area (Å²) < 4.78 is 25.7. The zero-order valence-electron chi connectivity index (χ0n) is 24.7. The van der Waals surface area contributed by atoms with Gasteiger partial charge in [-0.1, -0.05) is 24.3 Å². The van der Waals surface area contributed by atoms with E-state index in [0.717, 1.165) is 81.3 Å². The third-order valence-corrected chi connectivity index (χ3v) is 8.61. The van der Waals surface area contributed by atoms with E-state index in [0.29, 0.717) is 30.6 Å². The smallest absolute Gasteiger partial charge is 0.220 e. The minimum Gasteiger partial charge on any atom is -0.493 e. The van der Waals surface area contributed by atoms with Crippen molar-refractivity contribution in [1.82, 2.24) is 20.1 Å². The third-order valence-electron chi connectivity index (χ3n) is 8.61. The van der Waals surface area contributed by atoms with Crippen LogP contribution >= 0.6 is 0 Å². The summed E-state index contributed by atoms with van der Waals surface area (Å²) in [5.41, 5.74) is 2.82. The van der Waals surface area contributed by atoms with Crippen molar-refractivity contribution in [3.63, 3.8) is 0 Å². The first-order chi connectivity index (χ1) is 20.6. The fourth-order valence-corrected chi connectivity index (χ4v) is 6.43. The minimum absolute atomic E-state index is 0.0709. The monoisotopic (exact) mass is 575 g/mol. The molecule has 5 rings (SSSR count). The fraction of sp³-hybridized carbons (Fsp3) is 0.455. The number of nitrogens with one attached hydrogen (secondary N) is 1. The van der Waals surface area contributed by atoms with Gasteiger partial charge in [0.2, 0.25) is 5.91 Å². The number of hydrogen-bond donors (Lipinski definition) is 1. The lowest BCUT2D eigenvalue weighted by Crippen LogP contribution is -2.56. The van der Waals surface area contributed by atoms with E-state index >= 15 is 0 Å². The van der Waals surface area contributed by atoms with Gasteiger partial charge in [0, 0.05) is 76.2 Å². The molecule has 42 heavy (non-hydrogen) atoms. The summed E-state index contributed by atoms with van der Waals surface area (Å²) in [6.45, 7) is 6.48. The summed E-state index contributed by atoms with van der Waals surface area (Å²) in [5, 5.41) is 3.07. The summed E-state index contributed by atoms with van der Waals surface area (Å²) in [4.78, 5) is 24.1. The molecule has 0 radical (unpaired) electrons. The molecule has 0 bridgehead atoms. The molecule has 2 aromatic carbocycles. The molecule has 2 aliphatic heterocycles. The van der Waals surface area contributed by atoms with Gasteiger partial charge in [-0.25, -0.2) is 4.39 Å². The van der Waals surface area contributed by atoms with Gasteiger partial charge in [0.1, 0.15) is 5.82 Å². The van der Waals surface area contributed by atoms with Crippen molar-refractivity contribution in [3.8, 4) is 11.5 Å². The van der Waals surface area contributed by atoms with Crippen LogP contribution in [-0.4, -0.2) is 80.2 Å². The molecule has 0 saturated carbocycles. The Morgan fingerprint density at radius 2 is 1.76 bits per heavy atom. The van der Waals surface area contributed by atoms with Gasteiger partial charge in [-0.2, -0.15) is 0 Å². The molecule has 1 amide bonds. The Morgan fingerprint density at radius 3 is 2.50 bits per heavy atom. The summed E-state index contributed by atoms with van der Waals surface area (Å²) in [7, 11) is 3.34. The predicted molar refractivity (Wildman–Crippen MR) is 162 cm³/mol. The van der Waals surface area contributed by atoms with Crippen LogP contribution in [0.1, 0.15) is 30.4 Å². The van der Waals surface area contributed by atoms with Crippen LogP contribution in [0.4, 0.5) is 10.1 Å². The first-order valence-corrected chi connectivity index (χ1v) is 14.9. The zero-order chi connectivity index (χ0) is 29.3. The van der Waals surface area contributed by atoms with Crippen LogP contribution in [0, 0.1) is 11.7 Å². The Kier molecular flexibility index (Phi) is 10.3. The Morgan fingerprint density at radius 1 is 0.976 bits per heavy atom. The molecule has 2 atom stereocenters. The number of amides is 1. The second-order valence-electron chi connectivity index (χ2n) is 11.1. The SMILES string of the molecule is COc1cccc(CN2CC[C@H](N3CCN(c4ccccc4F)CC3)[C@H](CCC(=O)NCc3ccncc3)C2)c1OC. The summed E-state index contributed by atoms with van der Waals surface area (Å²) in [5.74, 6) is 1.75. The number of piperidine rings is 1. The van der Waals surface area contributed by atoms with E-state index < -0.39 is 0 Å². The fourth-order valence-electron chi connectivity index (χ4n) is 6.43. The van der Waals surface area contributed by atoms with Gasteiger partial charge in [-0.3, -0.25) is 19.6 Å². The van der Waals surface area contributed by atoms with Crippen LogP contribution in [0.25, 0.3) is 0 Å². The number of halogens is 1. The molecular formula is C33H42FN5O3. The Labute approximate surface area is 248 Å². The molecule has 1 aromatic heterocycles. The van der Waals surface area contributed by atoms with Crippen LogP contribution in [0.3, 0.4) is 0 Å². The first kappa shape index (κ1) is 29.8. The number of para-hydroxylation sites is 2. The summed E-state index contributed by atoms with van der Waals surface area (Å²) in [6.07, 6.45) is 5.80. The van der Waals surface area contributed by atoms with Gasteiger partial charge < -0.3 is 19.7 Å². The summed E-state index contributed by atoms with van der Waals surface area (Å²) in [6, 6.07) is 17.3. The average Bonchev–Trinajstić information content (AvgIpc) is 3.03. The molecule has 0 unspecified atom stereocenters. The highest BCUT2D eigenvalue weighted by Gasteiger charge is 2.35. The maximum absolute atomic E-state index is 14.4. The highest BCUT2D eigenvalue weighted by Crippen LogP contribution is 2.34. The van der Waals surface area contributed by atoms with E-state index in [-0.39, 0.29) is 11.7 Å². The predicted octanol–water partition coefficient (Wildman–Crippen LogP) is 4.35. The van der Waals surface area contributed by atoms with Gasteiger partial charge in [0.05, 0.1) is 19.9 Å². The third kappa shape index (κ3) is 7.38. The van der Waals surface area contributed by atoms with Crippen molar-refractivity contribution in [2.45, 2.75) is 38.4 Å². The second-order valence-corrected chi connectivity index (χ2v) is 11.1. The molecule has 224 valence electrons. The number of benzene rings is 2. The first-order valence-electron chi connectivity index (χ1n) is 14.9. The molecule has 8 nitrogen and oxygen atoms in total. The van der Waals surface area contributed by atoms with Gasteiger partial charge >= 0.3 is 0 Å². The molecule has 0 spiro atoms. The van der Waals surface area contributed by atoms with Crippen molar-refractivity contribution in [2.75, 3.05) is 58.4 Å². The number of anilines is 1. The minimum atomic E-state index is -0.164. The molecule has 3 heterocycles. The number of pyridine rings is 1. The normalized spacial score (nSPS) is 19.8. The molecule has 2 fully saturated rings. The molecule has 9 heteroatoms. The number of likely N-dealkylation sites (tertiary alicyclic amines) is 1. The highest BCUT2D eigenvalue weighted by atomic mass is 19.1. The lowest BCUT2D eigenvalue weighted by molar-refractivity contribution is -0.121. The highest BCUT2D eigenvalue weighted by molar-refractivity contribution is 5.75. The van der Waals surface area contributed by atoms with E-state index in [1.165, 1.54) is 6.07 Å². The Balaban J connectivity index is 1.24. The van der Waals surface area contributed by atoms with Crippen molar-refractivity contribution < 1.29 is 18.7 Å². The quantitative estimate of drug-likeness (QED) is 0.365. The van der Waals surface area contributed by atoms with Gasteiger partial charge in [0.25, 0.3) is 0 Å². The molecular weight excluding hydrogens is 533 g/mol. The number of aromatic nitrogens is 1. The maximum Gasteiger partial charge on any atom is 0.220 e. The number of nitrogens with zero attached hydrogens (tertiary/aromatic N) is 4. The Bertz CT molecular complexity index is 1300. The van der Waals surface area contributed by atoms with E-state index in [2.05, 4.69) is 31.1 Å². The van der Waals surface area contributed by atoms with E-state index in [1.807, 2.05) is 36.4 Å². The van der Waals surface area contributed by atoms with Crippen LogP contribution in [-0.2, 0) is 17.9 Å². The number of hydrogen-bond acceptors (Lipinski definition) is 7. The van der Waals surface area contributed by atoms with Crippen LogP contribution in [0.15, 0.2) is 67.0 Å². The molecule has 1 N–H and O–H groups in total. The van der Waals surface area contributed by atoms with Crippen LogP contribution in [0.2, 0.25) is 0 Å². The van der Waals surface area contributed by atoms with Crippen molar-refractivity contribution in [2.24, 2.45) is 5.92 Å². The largest absolute Gasteiger partial charge is 0.493 e. The van der Waals surface area contributed by atoms with Crippen LogP contribution in [0.5, 0.6) is 11.5 Å². The van der Waals surface area contributed by atoms with Crippen LogP contribution < -0.4 is 19.7 Å². The number of methoxy groups -OCH3 is 2. The molecule has 3 aromatic rings. The molecule has 0 aliphatic carbocycles. The van der Waals surface area contributed by atoms with E-state index in [9.17, 15) is 9.18 Å². The standard InChI is InChI=1S/C33H42FN5O3/c1-41-31-9-5-6-27(33(31)42-2)24-37-17-14-29(38-18-20-39(21-19-38)30-8-4-3-7-28(30)34)26(23-37)10-11-32(40)36-22-25-12-15-35-16-13-25/h3-9,12-13,15-16,26,29H,10-11,14,17-24H2,1-2H3,(H,36,40)/t26-,29+/m1/s1. The number of ether oxygens (including phenoxy) is 2. The number of carbonyl (C=O) groups excluding carboxylic acids is 1. The van der Waals surface area contributed by atoms with Gasteiger partial charge in [0.15, 0.2) is 11.5 Å². The van der Waals surface area contributed by atoms with Crippen molar-refractivity contribution in [1.29, 1.82) is 0 Å².